The van der Waals surface area contributed by atoms with Crippen LogP contribution in [0, 0.1) is 5.82 Å². The van der Waals surface area contributed by atoms with Gasteiger partial charge in [-0.05, 0) is 44.0 Å². The number of rotatable bonds is 5. The standard InChI is InChI=1S/C19H20FN5O2/c1-2-21-19-22-10-15-17(24-19)25(11-14-4-3-9-27-14)18(26)16(23-15)12-5-7-13(20)8-6-12/h5-8,10,14H,2-4,9,11H2,1H3,(H,21,22,24)/t14-/m1/s1. The van der Waals surface area contributed by atoms with E-state index >= 15 is 0 Å². The first-order valence-electron chi connectivity index (χ1n) is 9.04. The van der Waals surface area contributed by atoms with Crippen LogP contribution in [-0.4, -0.2) is 38.8 Å². The number of anilines is 1. The maximum atomic E-state index is 13.3. The molecule has 1 N–H and O–H groups in total. The number of nitrogens with zero attached hydrogens (tertiary/aromatic N) is 4. The summed E-state index contributed by atoms with van der Waals surface area (Å²) >= 11 is 0. The number of benzene rings is 1. The SMILES string of the molecule is CCNc1ncc2nc(-c3ccc(F)cc3)c(=O)n(C[C@H]3CCCO3)c2n1. The van der Waals surface area contributed by atoms with E-state index in [1.165, 1.54) is 12.1 Å². The van der Waals surface area contributed by atoms with Gasteiger partial charge in [0.15, 0.2) is 5.65 Å². The molecule has 4 rings (SSSR count). The average molecular weight is 369 g/mol. The molecule has 2 aromatic heterocycles. The van der Waals surface area contributed by atoms with Crippen molar-refractivity contribution in [3.05, 3.63) is 46.6 Å². The molecule has 7 nitrogen and oxygen atoms in total. The second kappa shape index (κ2) is 7.40. The molecule has 0 amide bonds. The van der Waals surface area contributed by atoms with Crippen molar-refractivity contribution in [2.45, 2.75) is 32.4 Å². The monoisotopic (exact) mass is 369 g/mol. The number of halogens is 1. The Morgan fingerprint density at radius 2 is 2.11 bits per heavy atom. The van der Waals surface area contributed by atoms with Crippen LogP contribution in [0.4, 0.5) is 10.3 Å². The summed E-state index contributed by atoms with van der Waals surface area (Å²) in [5.74, 6) is 0.0830. The molecule has 0 bridgehead atoms. The van der Waals surface area contributed by atoms with Crippen LogP contribution in [0.1, 0.15) is 19.8 Å². The second-order valence-electron chi connectivity index (χ2n) is 6.45. The molecule has 1 saturated heterocycles. The number of aromatic nitrogens is 4. The van der Waals surface area contributed by atoms with E-state index in [2.05, 4.69) is 20.3 Å². The van der Waals surface area contributed by atoms with Crippen LogP contribution in [-0.2, 0) is 11.3 Å². The minimum Gasteiger partial charge on any atom is -0.376 e. The predicted molar refractivity (Wildman–Crippen MR) is 100 cm³/mol. The van der Waals surface area contributed by atoms with Crippen molar-refractivity contribution in [3.63, 3.8) is 0 Å². The Labute approximate surface area is 155 Å². The molecule has 0 unspecified atom stereocenters. The highest BCUT2D eigenvalue weighted by atomic mass is 19.1. The van der Waals surface area contributed by atoms with Gasteiger partial charge in [0.25, 0.3) is 5.56 Å². The molecule has 1 aromatic carbocycles. The number of fused-ring (bicyclic) bond motifs is 1. The van der Waals surface area contributed by atoms with E-state index in [0.717, 1.165) is 12.8 Å². The third-order valence-electron chi connectivity index (χ3n) is 4.55. The van der Waals surface area contributed by atoms with E-state index in [4.69, 9.17) is 4.74 Å². The van der Waals surface area contributed by atoms with Crippen molar-refractivity contribution >= 4 is 17.1 Å². The molecule has 1 aliphatic rings. The van der Waals surface area contributed by atoms with Gasteiger partial charge in [-0.1, -0.05) is 0 Å². The molecular weight excluding hydrogens is 349 g/mol. The summed E-state index contributed by atoms with van der Waals surface area (Å²) in [6.07, 6.45) is 3.43. The maximum absolute atomic E-state index is 13.3. The van der Waals surface area contributed by atoms with Crippen molar-refractivity contribution in [2.24, 2.45) is 0 Å². The minimum atomic E-state index is -0.363. The first-order valence-corrected chi connectivity index (χ1v) is 9.04. The van der Waals surface area contributed by atoms with Crippen LogP contribution in [0.15, 0.2) is 35.3 Å². The summed E-state index contributed by atoms with van der Waals surface area (Å²) < 4.78 is 20.6. The van der Waals surface area contributed by atoms with Gasteiger partial charge in [0.2, 0.25) is 5.95 Å². The van der Waals surface area contributed by atoms with E-state index in [9.17, 15) is 9.18 Å². The number of hydrogen-bond donors (Lipinski definition) is 1. The first-order chi connectivity index (χ1) is 13.2. The van der Waals surface area contributed by atoms with Crippen LogP contribution in [0.25, 0.3) is 22.4 Å². The molecule has 0 radical (unpaired) electrons. The van der Waals surface area contributed by atoms with Gasteiger partial charge in [-0.2, -0.15) is 4.98 Å². The molecule has 0 spiro atoms. The zero-order valence-corrected chi connectivity index (χ0v) is 15.0. The number of hydrogen-bond acceptors (Lipinski definition) is 6. The highest BCUT2D eigenvalue weighted by Gasteiger charge is 2.21. The third kappa shape index (κ3) is 3.52. The van der Waals surface area contributed by atoms with Crippen LogP contribution >= 0.6 is 0 Å². The van der Waals surface area contributed by atoms with E-state index in [1.54, 1.807) is 22.9 Å². The van der Waals surface area contributed by atoms with Gasteiger partial charge in [-0.25, -0.2) is 14.4 Å². The van der Waals surface area contributed by atoms with E-state index < -0.39 is 0 Å². The molecule has 0 saturated carbocycles. The van der Waals surface area contributed by atoms with Crippen LogP contribution in [0.3, 0.4) is 0 Å². The van der Waals surface area contributed by atoms with Gasteiger partial charge in [0.05, 0.1) is 18.8 Å². The summed E-state index contributed by atoms with van der Waals surface area (Å²) in [6.45, 7) is 3.71. The van der Waals surface area contributed by atoms with Gasteiger partial charge in [0.1, 0.15) is 17.0 Å². The topological polar surface area (TPSA) is 81.9 Å². The van der Waals surface area contributed by atoms with Gasteiger partial charge < -0.3 is 10.1 Å². The van der Waals surface area contributed by atoms with Crippen LogP contribution in [0.5, 0.6) is 0 Å². The average Bonchev–Trinajstić information content (AvgIpc) is 3.18. The third-order valence-corrected chi connectivity index (χ3v) is 4.55. The fourth-order valence-electron chi connectivity index (χ4n) is 3.24. The molecule has 1 fully saturated rings. The van der Waals surface area contributed by atoms with Gasteiger partial charge in [0, 0.05) is 18.7 Å². The normalized spacial score (nSPS) is 16.7. The Morgan fingerprint density at radius 1 is 1.30 bits per heavy atom. The minimum absolute atomic E-state index is 0.0353. The number of ether oxygens (including phenoxy) is 1. The van der Waals surface area contributed by atoms with Crippen molar-refractivity contribution in [1.82, 2.24) is 19.5 Å². The van der Waals surface area contributed by atoms with Crippen LogP contribution in [0.2, 0.25) is 0 Å². The zero-order valence-electron chi connectivity index (χ0n) is 15.0. The summed E-state index contributed by atoms with van der Waals surface area (Å²) in [5.41, 5.74) is 1.51. The van der Waals surface area contributed by atoms with Gasteiger partial charge in [-0.3, -0.25) is 9.36 Å². The fourth-order valence-corrected chi connectivity index (χ4v) is 3.24. The summed E-state index contributed by atoms with van der Waals surface area (Å²) in [6, 6.07) is 5.73. The summed E-state index contributed by atoms with van der Waals surface area (Å²) in [7, 11) is 0. The predicted octanol–water partition coefficient (Wildman–Crippen LogP) is 2.60. The lowest BCUT2D eigenvalue weighted by molar-refractivity contribution is 0.0971. The highest BCUT2D eigenvalue weighted by Crippen LogP contribution is 2.20. The largest absolute Gasteiger partial charge is 0.376 e. The second-order valence-corrected chi connectivity index (χ2v) is 6.45. The van der Waals surface area contributed by atoms with Crippen LogP contribution < -0.4 is 10.9 Å². The Morgan fingerprint density at radius 3 is 2.81 bits per heavy atom. The molecule has 3 heterocycles. The quantitative estimate of drug-likeness (QED) is 0.744. The first kappa shape index (κ1) is 17.5. The molecule has 1 atom stereocenters. The fraction of sp³-hybridized carbons (Fsp3) is 0.368. The van der Waals surface area contributed by atoms with Gasteiger partial charge in [-0.15, -0.1) is 0 Å². The maximum Gasteiger partial charge on any atom is 0.278 e. The lowest BCUT2D eigenvalue weighted by Gasteiger charge is -2.15. The van der Waals surface area contributed by atoms with Crippen molar-refractivity contribution in [2.75, 3.05) is 18.5 Å². The Balaban J connectivity index is 1.89. The summed E-state index contributed by atoms with van der Waals surface area (Å²) in [4.78, 5) is 26.4. The highest BCUT2D eigenvalue weighted by molar-refractivity contribution is 5.74. The molecule has 0 aliphatic carbocycles. The van der Waals surface area contributed by atoms with Crippen molar-refractivity contribution < 1.29 is 9.13 Å². The van der Waals surface area contributed by atoms with E-state index in [1.807, 2.05) is 6.92 Å². The molecule has 27 heavy (non-hydrogen) atoms. The van der Waals surface area contributed by atoms with Crippen molar-refractivity contribution in [1.29, 1.82) is 0 Å². The molecule has 1 aliphatic heterocycles. The molecule has 3 aromatic rings. The molecule has 140 valence electrons. The summed E-state index contributed by atoms with van der Waals surface area (Å²) in [5, 5.41) is 3.05. The number of nitrogens with one attached hydrogen (secondary N) is 1. The van der Waals surface area contributed by atoms with Crippen molar-refractivity contribution in [3.8, 4) is 11.3 Å². The molecule has 8 heteroatoms. The Bertz CT molecular complexity index is 1010. The molecular formula is C19H20FN5O2. The van der Waals surface area contributed by atoms with E-state index in [0.29, 0.717) is 42.4 Å². The van der Waals surface area contributed by atoms with E-state index in [-0.39, 0.29) is 23.2 Å². The Hall–Kier alpha value is -2.87. The lowest BCUT2D eigenvalue weighted by Crippen LogP contribution is -2.29. The lowest BCUT2D eigenvalue weighted by atomic mass is 10.1. The zero-order chi connectivity index (χ0) is 18.8. The smallest absolute Gasteiger partial charge is 0.278 e. The van der Waals surface area contributed by atoms with Gasteiger partial charge >= 0.3 is 0 Å². The Kier molecular flexibility index (Phi) is 4.81.